The number of ether oxygens (including phenoxy) is 1. The van der Waals surface area contributed by atoms with E-state index in [2.05, 4.69) is 17.6 Å². The summed E-state index contributed by atoms with van der Waals surface area (Å²) in [6.45, 7) is 7.88. The minimum absolute atomic E-state index is 0.00181. The number of hydrogen-bond donors (Lipinski definition) is 2. The lowest BCUT2D eigenvalue weighted by molar-refractivity contribution is -0.143. The standard InChI is InChI=1S/C12H24N2O2/c1-5-12(3,16-4)11(15)14-10-8-13-7-6-9(10)2/h9-10,13H,5-8H2,1-4H3,(H,14,15). The molecule has 1 saturated heterocycles. The van der Waals surface area contributed by atoms with E-state index < -0.39 is 5.60 Å². The molecule has 3 atom stereocenters. The molecule has 0 radical (unpaired) electrons. The summed E-state index contributed by atoms with van der Waals surface area (Å²) in [5.74, 6) is 0.529. The van der Waals surface area contributed by atoms with Crippen LogP contribution < -0.4 is 10.6 Å². The van der Waals surface area contributed by atoms with Gasteiger partial charge in [0.15, 0.2) is 0 Å². The van der Waals surface area contributed by atoms with Gasteiger partial charge in [0.05, 0.1) is 0 Å². The maximum absolute atomic E-state index is 12.1. The smallest absolute Gasteiger partial charge is 0.252 e. The Hall–Kier alpha value is -0.610. The van der Waals surface area contributed by atoms with Gasteiger partial charge < -0.3 is 15.4 Å². The molecule has 1 aliphatic rings. The minimum atomic E-state index is -0.697. The van der Waals surface area contributed by atoms with Crippen LogP contribution in [0.3, 0.4) is 0 Å². The highest BCUT2D eigenvalue weighted by atomic mass is 16.5. The fourth-order valence-electron chi connectivity index (χ4n) is 1.90. The molecule has 1 heterocycles. The lowest BCUT2D eigenvalue weighted by Crippen LogP contribution is -2.55. The highest BCUT2D eigenvalue weighted by Gasteiger charge is 2.33. The summed E-state index contributed by atoms with van der Waals surface area (Å²) in [5.41, 5.74) is -0.697. The van der Waals surface area contributed by atoms with E-state index in [1.54, 1.807) is 7.11 Å². The number of amides is 1. The number of piperidine rings is 1. The molecule has 4 nitrogen and oxygen atoms in total. The summed E-state index contributed by atoms with van der Waals surface area (Å²) in [6.07, 6.45) is 1.80. The summed E-state index contributed by atoms with van der Waals surface area (Å²) >= 11 is 0. The largest absolute Gasteiger partial charge is 0.369 e. The zero-order valence-electron chi connectivity index (χ0n) is 10.8. The van der Waals surface area contributed by atoms with Crippen molar-refractivity contribution in [1.82, 2.24) is 10.6 Å². The molecule has 0 bridgehead atoms. The molecule has 0 aliphatic carbocycles. The number of nitrogens with one attached hydrogen (secondary N) is 2. The lowest BCUT2D eigenvalue weighted by atomic mass is 9.93. The maximum atomic E-state index is 12.1. The third-order valence-corrected chi connectivity index (χ3v) is 3.75. The van der Waals surface area contributed by atoms with Gasteiger partial charge in [0.1, 0.15) is 5.60 Å². The molecule has 0 saturated carbocycles. The summed E-state index contributed by atoms with van der Waals surface area (Å²) in [7, 11) is 1.59. The van der Waals surface area contributed by atoms with E-state index in [-0.39, 0.29) is 11.9 Å². The molecule has 0 spiro atoms. The monoisotopic (exact) mass is 228 g/mol. The van der Waals surface area contributed by atoms with Crippen molar-refractivity contribution < 1.29 is 9.53 Å². The second kappa shape index (κ2) is 5.64. The molecule has 0 aromatic rings. The van der Waals surface area contributed by atoms with Crippen molar-refractivity contribution in [1.29, 1.82) is 0 Å². The molecule has 16 heavy (non-hydrogen) atoms. The number of carbonyl (C=O) groups is 1. The zero-order chi connectivity index (χ0) is 12.2. The zero-order valence-corrected chi connectivity index (χ0v) is 10.8. The number of carbonyl (C=O) groups excluding carboxylic acids is 1. The Morgan fingerprint density at radius 1 is 1.62 bits per heavy atom. The average Bonchev–Trinajstić information content (AvgIpc) is 2.31. The Bertz CT molecular complexity index is 239. The van der Waals surface area contributed by atoms with Crippen molar-refractivity contribution in [2.24, 2.45) is 5.92 Å². The number of rotatable bonds is 4. The van der Waals surface area contributed by atoms with Crippen LogP contribution in [-0.2, 0) is 9.53 Å². The summed E-state index contributed by atoms with van der Waals surface area (Å²) in [5, 5.41) is 6.39. The minimum Gasteiger partial charge on any atom is -0.369 e. The first-order valence-corrected chi connectivity index (χ1v) is 6.10. The van der Waals surface area contributed by atoms with Gasteiger partial charge in [0.25, 0.3) is 5.91 Å². The Morgan fingerprint density at radius 3 is 2.81 bits per heavy atom. The van der Waals surface area contributed by atoms with Crippen LogP contribution in [0.1, 0.15) is 33.6 Å². The third-order valence-electron chi connectivity index (χ3n) is 3.75. The van der Waals surface area contributed by atoms with Gasteiger partial charge in [0, 0.05) is 19.7 Å². The Kier molecular flexibility index (Phi) is 4.74. The molecule has 2 N–H and O–H groups in total. The van der Waals surface area contributed by atoms with Gasteiger partial charge in [-0.05, 0) is 32.2 Å². The van der Waals surface area contributed by atoms with Gasteiger partial charge in [-0.2, -0.15) is 0 Å². The Morgan fingerprint density at radius 2 is 2.31 bits per heavy atom. The molecule has 1 fully saturated rings. The van der Waals surface area contributed by atoms with Crippen LogP contribution >= 0.6 is 0 Å². The molecule has 1 amide bonds. The Labute approximate surface area is 98.1 Å². The topological polar surface area (TPSA) is 50.4 Å². The summed E-state index contributed by atoms with van der Waals surface area (Å²) in [4.78, 5) is 12.1. The van der Waals surface area contributed by atoms with Crippen LogP contribution in [0, 0.1) is 5.92 Å². The molecular formula is C12H24N2O2. The molecular weight excluding hydrogens is 204 g/mol. The van der Waals surface area contributed by atoms with Gasteiger partial charge in [-0.15, -0.1) is 0 Å². The van der Waals surface area contributed by atoms with Gasteiger partial charge in [-0.25, -0.2) is 0 Å². The molecule has 94 valence electrons. The van der Waals surface area contributed by atoms with Crippen LogP contribution in [0.5, 0.6) is 0 Å². The molecule has 4 heteroatoms. The highest BCUT2D eigenvalue weighted by molar-refractivity contribution is 5.85. The lowest BCUT2D eigenvalue weighted by Gasteiger charge is -2.34. The van der Waals surface area contributed by atoms with Crippen molar-refractivity contribution in [3.05, 3.63) is 0 Å². The molecule has 0 aromatic heterocycles. The Balaban J connectivity index is 2.55. The summed E-state index contributed by atoms with van der Waals surface area (Å²) in [6, 6.07) is 0.224. The second-order valence-corrected chi connectivity index (χ2v) is 4.84. The van der Waals surface area contributed by atoms with E-state index in [1.807, 2.05) is 13.8 Å². The molecule has 1 aliphatic heterocycles. The van der Waals surface area contributed by atoms with Crippen molar-refractivity contribution in [2.45, 2.75) is 45.3 Å². The van der Waals surface area contributed by atoms with E-state index in [0.29, 0.717) is 12.3 Å². The quantitative estimate of drug-likeness (QED) is 0.752. The second-order valence-electron chi connectivity index (χ2n) is 4.84. The van der Waals surface area contributed by atoms with Crippen molar-refractivity contribution in [2.75, 3.05) is 20.2 Å². The summed E-state index contributed by atoms with van der Waals surface area (Å²) < 4.78 is 5.29. The first-order chi connectivity index (χ1) is 7.53. The SMILES string of the molecule is CCC(C)(OC)C(=O)NC1CNCCC1C. The highest BCUT2D eigenvalue weighted by Crippen LogP contribution is 2.17. The van der Waals surface area contributed by atoms with E-state index in [1.165, 1.54) is 0 Å². The van der Waals surface area contributed by atoms with Gasteiger partial charge in [-0.3, -0.25) is 4.79 Å². The number of methoxy groups -OCH3 is 1. The van der Waals surface area contributed by atoms with E-state index in [0.717, 1.165) is 19.5 Å². The van der Waals surface area contributed by atoms with Crippen LogP contribution in [0.25, 0.3) is 0 Å². The third kappa shape index (κ3) is 2.95. The van der Waals surface area contributed by atoms with Gasteiger partial charge in [-0.1, -0.05) is 13.8 Å². The van der Waals surface area contributed by atoms with Crippen LogP contribution in [0.2, 0.25) is 0 Å². The van der Waals surface area contributed by atoms with Crippen molar-refractivity contribution >= 4 is 5.91 Å². The van der Waals surface area contributed by atoms with Gasteiger partial charge >= 0.3 is 0 Å². The normalized spacial score (nSPS) is 29.5. The number of hydrogen-bond acceptors (Lipinski definition) is 3. The predicted molar refractivity (Wildman–Crippen MR) is 64.3 cm³/mol. The fourth-order valence-corrected chi connectivity index (χ4v) is 1.90. The van der Waals surface area contributed by atoms with Crippen molar-refractivity contribution in [3.8, 4) is 0 Å². The first kappa shape index (κ1) is 13.5. The van der Waals surface area contributed by atoms with E-state index >= 15 is 0 Å². The van der Waals surface area contributed by atoms with Gasteiger partial charge in [0.2, 0.25) is 0 Å². The van der Waals surface area contributed by atoms with Crippen LogP contribution in [0.4, 0.5) is 0 Å². The van der Waals surface area contributed by atoms with E-state index in [4.69, 9.17) is 4.74 Å². The van der Waals surface area contributed by atoms with E-state index in [9.17, 15) is 4.79 Å². The fraction of sp³-hybridized carbons (Fsp3) is 0.917. The van der Waals surface area contributed by atoms with Crippen LogP contribution in [-0.4, -0.2) is 37.7 Å². The predicted octanol–water partition coefficient (Wildman–Crippen LogP) is 0.916. The molecule has 0 aromatic carbocycles. The first-order valence-electron chi connectivity index (χ1n) is 6.10. The molecule has 1 rings (SSSR count). The average molecular weight is 228 g/mol. The maximum Gasteiger partial charge on any atom is 0.252 e. The van der Waals surface area contributed by atoms with Crippen molar-refractivity contribution in [3.63, 3.8) is 0 Å². The molecule has 3 unspecified atom stereocenters. The van der Waals surface area contributed by atoms with Crippen LogP contribution in [0.15, 0.2) is 0 Å².